The molecule has 6 heteroatoms. The van der Waals surface area contributed by atoms with E-state index in [-0.39, 0.29) is 30.9 Å². The average molecular weight is 394 g/mol. The zero-order valence-corrected chi connectivity index (χ0v) is 17.0. The first-order chi connectivity index (χ1) is 13.9. The highest BCUT2D eigenvalue weighted by molar-refractivity contribution is 6.01. The Morgan fingerprint density at radius 1 is 1.21 bits per heavy atom. The molecule has 2 aromatic carbocycles. The van der Waals surface area contributed by atoms with Crippen molar-refractivity contribution in [2.45, 2.75) is 39.7 Å². The van der Waals surface area contributed by atoms with Gasteiger partial charge in [-0.15, -0.1) is 0 Å². The number of hydrogen-bond acceptors (Lipinski definition) is 4. The largest absolute Gasteiger partial charge is 0.454 e. The third-order valence-corrected chi connectivity index (χ3v) is 5.56. The molecular formula is C23H26N2O4. The molecule has 2 heterocycles. The number of carbonyl (C=O) groups excluding carboxylic acids is 2. The van der Waals surface area contributed by atoms with Crippen LogP contribution in [0.4, 0.5) is 5.69 Å². The van der Waals surface area contributed by atoms with Crippen LogP contribution in [0.25, 0.3) is 0 Å². The fourth-order valence-corrected chi connectivity index (χ4v) is 4.00. The first-order valence-electron chi connectivity index (χ1n) is 10.00. The predicted octanol–water partition coefficient (Wildman–Crippen LogP) is 3.52. The highest BCUT2D eigenvalue weighted by atomic mass is 16.7. The van der Waals surface area contributed by atoms with E-state index >= 15 is 0 Å². The van der Waals surface area contributed by atoms with E-state index < -0.39 is 0 Å². The maximum absolute atomic E-state index is 12.7. The third kappa shape index (κ3) is 3.79. The van der Waals surface area contributed by atoms with Crippen LogP contribution in [0.2, 0.25) is 0 Å². The highest BCUT2D eigenvalue weighted by Gasteiger charge is 2.36. The van der Waals surface area contributed by atoms with Crippen molar-refractivity contribution in [2.24, 2.45) is 5.92 Å². The second-order valence-electron chi connectivity index (χ2n) is 7.98. The van der Waals surface area contributed by atoms with E-state index in [1.54, 1.807) is 4.90 Å². The average Bonchev–Trinajstić information content (AvgIpc) is 3.31. The lowest BCUT2D eigenvalue weighted by Gasteiger charge is -2.24. The monoisotopic (exact) mass is 394 g/mol. The van der Waals surface area contributed by atoms with Gasteiger partial charge in [0.05, 0.1) is 5.92 Å². The Hall–Kier alpha value is -3.02. The zero-order chi connectivity index (χ0) is 20.5. The summed E-state index contributed by atoms with van der Waals surface area (Å²) in [7, 11) is 0. The minimum Gasteiger partial charge on any atom is -0.454 e. The molecule has 2 aliphatic heterocycles. The minimum atomic E-state index is -0.351. The Bertz CT molecular complexity index is 954. The van der Waals surface area contributed by atoms with Gasteiger partial charge in [-0.05, 0) is 41.7 Å². The molecule has 1 atom stereocenters. The van der Waals surface area contributed by atoms with Gasteiger partial charge >= 0.3 is 0 Å². The number of benzene rings is 2. The summed E-state index contributed by atoms with van der Waals surface area (Å²) in [5, 5.41) is 2.96. The van der Waals surface area contributed by atoms with Crippen molar-refractivity contribution in [1.29, 1.82) is 0 Å². The topological polar surface area (TPSA) is 67.9 Å². The van der Waals surface area contributed by atoms with Gasteiger partial charge in [0.15, 0.2) is 11.5 Å². The summed E-state index contributed by atoms with van der Waals surface area (Å²) in [5.41, 5.74) is 4.09. The molecule has 2 aromatic rings. The smallest absolute Gasteiger partial charge is 0.231 e. The molecule has 2 aliphatic rings. The van der Waals surface area contributed by atoms with Gasteiger partial charge in [-0.1, -0.05) is 38.1 Å². The van der Waals surface area contributed by atoms with Crippen molar-refractivity contribution in [2.75, 3.05) is 18.2 Å². The SMILES string of the molecule is Cc1cccc(C(C)C)c1N1CC(C(=O)NCc2ccc3c(c2)OCO3)CC1=O. The van der Waals surface area contributed by atoms with E-state index in [1.165, 1.54) is 0 Å². The van der Waals surface area contributed by atoms with Crippen LogP contribution in [0.1, 0.15) is 42.9 Å². The molecule has 1 unspecified atom stereocenters. The Morgan fingerprint density at radius 2 is 2.00 bits per heavy atom. The first-order valence-corrected chi connectivity index (χ1v) is 10.00. The van der Waals surface area contributed by atoms with Gasteiger partial charge in [-0.25, -0.2) is 0 Å². The van der Waals surface area contributed by atoms with E-state index in [4.69, 9.17) is 9.47 Å². The van der Waals surface area contributed by atoms with Crippen LogP contribution in [0, 0.1) is 12.8 Å². The summed E-state index contributed by atoms with van der Waals surface area (Å²) in [6.45, 7) is 7.28. The summed E-state index contributed by atoms with van der Waals surface area (Å²) in [6.07, 6.45) is 0.235. The minimum absolute atomic E-state index is 0.00410. The van der Waals surface area contributed by atoms with Gasteiger partial charge in [0.1, 0.15) is 0 Å². The molecule has 152 valence electrons. The van der Waals surface area contributed by atoms with E-state index in [1.807, 2.05) is 37.3 Å². The predicted molar refractivity (Wildman–Crippen MR) is 110 cm³/mol. The molecule has 0 aromatic heterocycles. The number of ether oxygens (including phenoxy) is 2. The lowest BCUT2D eigenvalue weighted by Crippen LogP contribution is -2.33. The Kier molecular flexibility index (Phi) is 5.18. The molecule has 0 spiro atoms. The number of rotatable bonds is 5. The van der Waals surface area contributed by atoms with Crippen molar-refractivity contribution in [3.05, 3.63) is 53.1 Å². The second-order valence-corrected chi connectivity index (χ2v) is 7.98. The number of anilines is 1. The van der Waals surface area contributed by atoms with Gasteiger partial charge in [0, 0.05) is 25.2 Å². The molecule has 1 N–H and O–H groups in total. The molecule has 1 fully saturated rings. The van der Waals surface area contributed by atoms with Gasteiger partial charge in [0.2, 0.25) is 18.6 Å². The van der Waals surface area contributed by atoms with Crippen LogP contribution >= 0.6 is 0 Å². The number of amides is 2. The maximum Gasteiger partial charge on any atom is 0.231 e. The van der Waals surface area contributed by atoms with Crippen LogP contribution in [0.15, 0.2) is 36.4 Å². The van der Waals surface area contributed by atoms with Crippen LogP contribution in [0.5, 0.6) is 11.5 Å². The first kappa shape index (κ1) is 19.3. The van der Waals surface area contributed by atoms with Crippen molar-refractivity contribution in [1.82, 2.24) is 5.32 Å². The number of para-hydroxylation sites is 1. The van der Waals surface area contributed by atoms with Crippen molar-refractivity contribution < 1.29 is 19.1 Å². The molecular weight excluding hydrogens is 368 g/mol. The fraction of sp³-hybridized carbons (Fsp3) is 0.391. The number of fused-ring (bicyclic) bond motifs is 1. The number of aryl methyl sites for hydroxylation is 1. The van der Waals surface area contributed by atoms with Gasteiger partial charge in [-0.2, -0.15) is 0 Å². The second kappa shape index (κ2) is 7.78. The standard InChI is InChI=1S/C23H26N2O4/c1-14(2)18-6-4-5-15(3)22(18)25-12-17(10-21(25)26)23(27)24-11-16-7-8-19-20(9-16)29-13-28-19/h4-9,14,17H,10-13H2,1-3H3,(H,24,27). The zero-order valence-electron chi connectivity index (χ0n) is 17.0. The third-order valence-electron chi connectivity index (χ3n) is 5.56. The molecule has 4 rings (SSSR count). The summed E-state index contributed by atoms with van der Waals surface area (Å²) < 4.78 is 10.7. The quantitative estimate of drug-likeness (QED) is 0.843. The van der Waals surface area contributed by atoms with E-state index in [9.17, 15) is 9.59 Å². The van der Waals surface area contributed by atoms with Gasteiger partial charge in [0.25, 0.3) is 0 Å². The van der Waals surface area contributed by atoms with E-state index in [0.717, 1.165) is 28.1 Å². The van der Waals surface area contributed by atoms with Crippen LogP contribution in [-0.2, 0) is 16.1 Å². The maximum atomic E-state index is 12.7. The highest BCUT2D eigenvalue weighted by Crippen LogP contribution is 2.35. The summed E-state index contributed by atoms with van der Waals surface area (Å²) in [4.78, 5) is 27.3. The number of nitrogens with one attached hydrogen (secondary N) is 1. The van der Waals surface area contributed by atoms with Crippen LogP contribution < -0.4 is 19.7 Å². The fourth-order valence-electron chi connectivity index (χ4n) is 4.00. The molecule has 0 bridgehead atoms. The molecule has 6 nitrogen and oxygen atoms in total. The lowest BCUT2D eigenvalue weighted by atomic mass is 9.97. The molecule has 2 amide bonds. The summed E-state index contributed by atoms with van der Waals surface area (Å²) >= 11 is 0. The van der Waals surface area contributed by atoms with Crippen LogP contribution in [-0.4, -0.2) is 25.2 Å². The van der Waals surface area contributed by atoms with Gasteiger partial charge < -0.3 is 19.7 Å². The van der Waals surface area contributed by atoms with Crippen molar-refractivity contribution in [3.8, 4) is 11.5 Å². The summed E-state index contributed by atoms with van der Waals surface area (Å²) in [5.74, 6) is 1.27. The Labute approximate surface area is 170 Å². The van der Waals surface area contributed by atoms with Gasteiger partial charge in [-0.3, -0.25) is 9.59 Å². The molecule has 0 radical (unpaired) electrons. The van der Waals surface area contributed by atoms with Crippen molar-refractivity contribution >= 4 is 17.5 Å². The van der Waals surface area contributed by atoms with Crippen molar-refractivity contribution in [3.63, 3.8) is 0 Å². The molecule has 0 aliphatic carbocycles. The number of nitrogens with zero attached hydrogens (tertiary/aromatic N) is 1. The van der Waals surface area contributed by atoms with Crippen LogP contribution in [0.3, 0.4) is 0 Å². The molecule has 1 saturated heterocycles. The number of hydrogen-bond donors (Lipinski definition) is 1. The normalized spacial score (nSPS) is 17.9. The Morgan fingerprint density at radius 3 is 2.79 bits per heavy atom. The molecule has 0 saturated carbocycles. The Balaban J connectivity index is 1.44. The lowest BCUT2D eigenvalue weighted by molar-refractivity contribution is -0.126. The van der Waals surface area contributed by atoms with E-state index in [2.05, 4.69) is 25.2 Å². The summed E-state index contributed by atoms with van der Waals surface area (Å²) in [6, 6.07) is 11.7. The molecule has 29 heavy (non-hydrogen) atoms. The number of carbonyl (C=O) groups is 2. The van der Waals surface area contributed by atoms with E-state index in [0.29, 0.717) is 24.8 Å².